The molecule has 6 nitrogen and oxygen atoms in total. The number of rotatable bonds is 5. The van der Waals surface area contributed by atoms with Crippen molar-refractivity contribution >= 4 is 5.97 Å². The van der Waals surface area contributed by atoms with Gasteiger partial charge in [-0.2, -0.15) is 0 Å². The molecule has 3 aromatic rings. The van der Waals surface area contributed by atoms with Gasteiger partial charge in [-0.05, 0) is 25.5 Å². The first-order valence-corrected chi connectivity index (χ1v) is 10.3. The number of ether oxygens (including phenoxy) is 2. The summed E-state index contributed by atoms with van der Waals surface area (Å²) in [5.41, 5.74) is 7.49. The van der Waals surface area contributed by atoms with Crippen LogP contribution in [0, 0.1) is 12.7 Å². The summed E-state index contributed by atoms with van der Waals surface area (Å²) in [6.07, 6.45) is 0. The number of halogens is 1. The van der Waals surface area contributed by atoms with E-state index in [0.29, 0.717) is 12.2 Å². The number of esters is 1. The second kappa shape index (κ2) is 8.70. The Morgan fingerprint density at radius 3 is 2.53 bits per heavy atom. The van der Waals surface area contributed by atoms with E-state index in [4.69, 9.17) is 15.2 Å². The monoisotopic (exact) mass is 434 g/mol. The summed E-state index contributed by atoms with van der Waals surface area (Å²) in [5.74, 6) is -2.37. The van der Waals surface area contributed by atoms with Gasteiger partial charge in [0, 0.05) is 17.3 Å². The maximum Gasteiger partial charge on any atom is 0.340 e. The SMILES string of the molecule is CCOC(=O)C1=C(N)Oc2cc(C)n(Cc3ccccc3)c(=O)c2[C@@H]1c1ccccc1F. The Kier molecular flexibility index (Phi) is 5.81. The number of nitrogens with two attached hydrogens (primary N) is 1. The first-order valence-electron chi connectivity index (χ1n) is 10.3. The first-order chi connectivity index (χ1) is 15.4. The fourth-order valence-corrected chi connectivity index (χ4v) is 3.98. The van der Waals surface area contributed by atoms with Gasteiger partial charge in [0.25, 0.3) is 5.56 Å². The zero-order valence-electron chi connectivity index (χ0n) is 17.8. The van der Waals surface area contributed by atoms with Crippen LogP contribution in [0.25, 0.3) is 0 Å². The third kappa shape index (κ3) is 3.77. The van der Waals surface area contributed by atoms with E-state index in [0.717, 1.165) is 5.56 Å². The van der Waals surface area contributed by atoms with E-state index >= 15 is 0 Å². The lowest BCUT2D eigenvalue weighted by Crippen LogP contribution is -2.35. The summed E-state index contributed by atoms with van der Waals surface area (Å²) < 4.78 is 27.3. The van der Waals surface area contributed by atoms with Gasteiger partial charge < -0.3 is 19.8 Å². The van der Waals surface area contributed by atoms with Crippen molar-refractivity contribution in [2.75, 3.05) is 6.61 Å². The van der Waals surface area contributed by atoms with E-state index in [1.54, 1.807) is 36.6 Å². The molecule has 2 N–H and O–H groups in total. The van der Waals surface area contributed by atoms with Crippen molar-refractivity contribution in [3.8, 4) is 5.75 Å². The van der Waals surface area contributed by atoms with Crippen LogP contribution in [0.2, 0.25) is 0 Å². The van der Waals surface area contributed by atoms with Gasteiger partial charge in [-0.25, -0.2) is 9.18 Å². The Labute approximate surface area is 184 Å². The van der Waals surface area contributed by atoms with Crippen LogP contribution >= 0.6 is 0 Å². The van der Waals surface area contributed by atoms with Gasteiger partial charge in [0.05, 0.1) is 24.6 Å². The molecule has 1 aliphatic rings. The van der Waals surface area contributed by atoms with E-state index < -0.39 is 17.7 Å². The number of fused-ring (bicyclic) bond motifs is 1. The van der Waals surface area contributed by atoms with Crippen molar-refractivity contribution in [1.82, 2.24) is 4.57 Å². The minimum atomic E-state index is -1.06. The quantitative estimate of drug-likeness (QED) is 0.621. The van der Waals surface area contributed by atoms with E-state index in [-0.39, 0.29) is 40.5 Å². The van der Waals surface area contributed by atoms with Crippen LogP contribution in [0.15, 0.2) is 76.9 Å². The minimum absolute atomic E-state index is 0.0864. The number of aryl methyl sites for hydroxylation is 1. The number of nitrogens with zero attached hydrogens (tertiary/aromatic N) is 1. The van der Waals surface area contributed by atoms with Crippen LogP contribution in [0.4, 0.5) is 4.39 Å². The van der Waals surface area contributed by atoms with Crippen molar-refractivity contribution in [2.24, 2.45) is 5.73 Å². The summed E-state index contributed by atoms with van der Waals surface area (Å²) in [6, 6.07) is 17.2. The molecule has 4 rings (SSSR count). The molecule has 0 bridgehead atoms. The third-order valence-corrected chi connectivity index (χ3v) is 5.46. The van der Waals surface area contributed by atoms with Crippen molar-refractivity contribution in [1.29, 1.82) is 0 Å². The van der Waals surface area contributed by atoms with Crippen molar-refractivity contribution in [3.63, 3.8) is 0 Å². The lowest BCUT2D eigenvalue weighted by Gasteiger charge is -2.29. The van der Waals surface area contributed by atoms with E-state index in [9.17, 15) is 14.0 Å². The molecule has 2 heterocycles. The Morgan fingerprint density at radius 2 is 1.84 bits per heavy atom. The first kappa shape index (κ1) is 21.4. The molecule has 32 heavy (non-hydrogen) atoms. The van der Waals surface area contributed by atoms with Gasteiger partial charge >= 0.3 is 5.97 Å². The van der Waals surface area contributed by atoms with Gasteiger partial charge in [0.1, 0.15) is 17.1 Å². The number of carbonyl (C=O) groups is 1. The van der Waals surface area contributed by atoms with Crippen LogP contribution in [-0.2, 0) is 16.1 Å². The topological polar surface area (TPSA) is 83.5 Å². The molecule has 0 unspecified atom stereocenters. The molecule has 2 aromatic carbocycles. The second-order valence-electron chi connectivity index (χ2n) is 7.50. The standard InChI is InChI=1S/C25H23FN2O4/c1-3-31-25(30)22-20(17-11-7-8-12-18(17)26)21-19(32-23(22)27)13-15(2)28(24(21)29)14-16-9-5-4-6-10-16/h4-13,20H,3,14,27H2,1-2H3/t20-/m0/s1. The normalized spacial score (nSPS) is 15.2. The second-order valence-corrected chi connectivity index (χ2v) is 7.50. The van der Waals surface area contributed by atoms with Crippen LogP contribution in [-0.4, -0.2) is 17.1 Å². The fourth-order valence-electron chi connectivity index (χ4n) is 3.98. The number of hydrogen-bond donors (Lipinski definition) is 1. The molecule has 0 spiro atoms. The predicted octanol–water partition coefficient (Wildman–Crippen LogP) is 3.60. The molecule has 0 fully saturated rings. The molecule has 164 valence electrons. The Balaban J connectivity index is 1.96. The van der Waals surface area contributed by atoms with Gasteiger partial charge in [0.2, 0.25) is 5.88 Å². The average Bonchev–Trinajstić information content (AvgIpc) is 2.77. The zero-order valence-corrected chi connectivity index (χ0v) is 17.8. The van der Waals surface area contributed by atoms with E-state index in [2.05, 4.69) is 0 Å². The van der Waals surface area contributed by atoms with E-state index in [1.165, 1.54) is 12.1 Å². The largest absolute Gasteiger partial charge is 0.462 e. The molecule has 1 atom stereocenters. The van der Waals surface area contributed by atoms with Crippen LogP contribution < -0.4 is 16.0 Å². The zero-order chi connectivity index (χ0) is 22.8. The maximum absolute atomic E-state index is 14.9. The Bertz CT molecular complexity index is 1260. The molecule has 0 saturated carbocycles. The lowest BCUT2D eigenvalue weighted by molar-refractivity contribution is -0.139. The minimum Gasteiger partial charge on any atom is -0.462 e. The highest BCUT2D eigenvalue weighted by Gasteiger charge is 2.39. The Morgan fingerprint density at radius 1 is 1.16 bits per heavy atom. The number of aromatic nitrogens is 1. The highest BCUT2D eigenvalue weighted by molar-refractivity contribution is 5.92. The molecular weight excluding hydrogens is 411 g/mol. The van der Waals surface area contributed by atoms with Crippen LogP contribution in [0.3, 0.4) is 0 Å². The van der Waals surface area contributed by atoms with Crippen molar-refractivity contribution in [3.05, 3.63) is 111 Å². The van der Waals surface area contributed by atoms with Gasteiger partial charge in [0.15, 0.2) is 0 Å². The number of hydrogen-bond acceptors (Lipinski definition) is 5. The third-order valence-electron chi connectivity index (χ3n) is 5.46. The maximum atomic E-state index is 14.9. The smallest absolute Gasteiger partial charge is 0.340 e. The summed E-state index contributed by atoms with van der Waals surface area (Å²) in [7, 11) is 0. The molecule has 0 amide bonds. The van der Waals surface area contributed by atoms with Crippen molar-refractivity contribution < 1.29 is 18.7 Å². The fraction of sp³-hybridized carbons (Fsp3) is 0.200. The van der Waals surface area contributed by atoms with Gasteiger partial charge in [-0.3, -0.25) is 4.79 Å². The molecule has 0 aliphatic carbocycles. The van der Waals surface area contributed by atoms with Crippen LogP contribution in [0.1, 0.15) is 35.2 Å². The van der Waals surface area contributed by atoms with Crippen molar-refractivity contribution in [2.45, 2.75) is 26.3 Å². The lowest BCUT2D eigenvalue weighted by atomic mass is 9.83. The summed E-state index contributed by atoms with van der Waals surface area (Å²) in [5, 5.41) is 0. The molecule has 0 radical (unpaired) electrons. The van der Waals surface area contributed by atoms with E-state index in [1.807, 2.05) is 30.3 Å². The number of benzene rings is 2. The molecule has 1 aromatic heterocycles. The van der Waals surface area contributed by atoms with Crippen LogP contribution in [0.5, 0.6) is 5.75 Å². The summed E-state index contributed by atoms with van der Waals surface area (Å²) in [6.45, 7) is 3.85. The highest BCUT2D eigenvalue weighted by atomic mass is 19.1. The molecular formula is C25H23FN2O4. The predicted molar refractivity (Wildman–Crippen MR) is 118 cm³/mol. The van der Waals surface area contributed by atoms with Gasteiger partial charge in [-0.15, -0.1) is 0 Å². The number of pyridine rings is 1. The molecule has 0 saturated heterocycles. The average molecular weight is 434 g/mol. The summed E-state index contributed by atoms with van der Waals surface area (Å²) in [4.78, 5) is 26.5. The molecule has 1 aliphatic heterocycles. The Hall–Kier alpha value is -3.87. The number of carbonyl (C=O) groups excluding carboxylic acids is 1. The summed E-state index contributed by atoms with van der Waals surface area (Å²) >= 11 is 0. The highest BCUT2D eigenvalue weighted by Crippen LogP contribution is 2.42. The van der Waals surface area contributed by atoms with Gasteiger partial charge in [-0.1, -0.05) is 48.5 Å². The molecule has 7 heteroatoms.